The van der Waals surface area contributed by atoms with Gasteiger partial charge in [-0.3, -0.25) is 9.88 Å². The van der Waals surface area contributed by atoms with E-state index < -0.39 is 24.3 Å². The van der Waals surface area contributed by atoms with E-state index in [9.17, 15) is 13.3 Å². The zero-order valence-electron chi connectivity index (χ0n) is 11.5. The molecule has 3 nitrogen and oxygen atoms in total. The summed E-state index contributed by atoms with van der Waals surface area (Å²) < 4.78 is 45.3. The van der Waals surface area contributed by atoms with Crippen LogP contribution in [0.2, 0.25) is 0 Å². The van der Waals surface area contributed by atoms with Crippen molar-refractivity contribution in [3.8, 4) is 0 Å². The summed E-state index contributed by atoms with van der Waals surface area (Å²) >= 11 is 0. The number of nitrogens with one attached hydrogen (secondary N) is 1. The average Bonchev–Trinajstić information content (AvgIpc) is 2.21. The maximum absolute atomic E-state index is 13.3. The molecule has 1 aromatic carbocycles. The molecule has 0 saturated carbocycles. The first-order valence-electron chi connectivity index (χ1n) is 6.06. The van der Waals surface area contributed by atoms with Gasteiger partial charge in [-0.25, -0.2) is 8.78 Å². The lowest BCUT2D eigenvalue weighted by atomic mass is 10.1. The monoisotopic (exact) mass is 289 g/mol. The molecule has 1 aliphatic rings. The highest BCUT2D eigenvalue weighted by molar-refractivity contribution is 7.68. The van der Waals surface area contributed by atoms with Crippen molar-refractivity contribution in [1.29, 1.82) is 0 Å². The molecule has 1 aromatic rings. The maximum atomic E-state index is 13.3. The second kappa shape index (κ2) is 4.37. The molecule has 0 radical (unpaired) electrons. The lowest BCUT2D eigenvalue weighted by Gasteiger charge is -2.47. The molecule has 0 amide bonds. The Hall–Kier alpha value is -0.770. The van der Waals surface area contributed by atoms with E-state index in [1.807, 2.05) is 13.8 Å². The predicted octanol–water partition coefficient (Wildman–Crippen LogP) is 3.00. The van der Waals surface area contributed by atoms with Crippen molar-refractivity contribution >= 4 is 12.7 Å². The summed E-state index contributed by atoms with van der Waals surface area (Å²) in [6.07, 6.45) is 0. The van der Waals surface area contributed by atoms with E-state index in [0.717, 1.165) is 18.2 Å². The van der Waals surface area contributed by atoms with Gasteiger partial charge in [-0.2, -0.15) is 0 Å². The van der Waals surface area contributed by atoms with E-state index >= 15 is 0 Å². The molecule has 0 aliphatic carbocycles. The summed E-state index contributed by atoms with van der Waals surface area (Å²) in [6, 6.07) is 2.90. The van der Waals surface area contributed by atoms with Crippen molar-refractivity contribution in [3.05, 3.63) is 29.8 Å². The van der Waals surface area contributed by atoms with Gasteiger partial charge in [-0.15, -0.1) is 0 Å². The van der Waals surface area contributed by atoms with Crippen LogP contribution in [0.4, 0.5) is 8.78 Å². The fourth-order valence-corrected chi connectivity index (χ4v) is 5.12. The summed E-state index contributed by atoms with van der Waals surface area (Å²) in [5.74, 6) is -1.51. The Morgan fingerprint density at radius 3 is 2.16 bits per heavy atom. The standard InChI is InChI=1S/C13H18F2NO2P/c1-12(2)8-18-19(17,13(3,4)16-12)11-6-9(14)5-10(15)7-11/h5-7,16H,8H2,1-4H3/t19-/m1/s1. The highest BCUT2D eigenvalue weighted by Gasteiger charge is 2.50. The molecule has 1 N–H and O–H groups in total. The van der Waals surface area contributed by atoms with Gasteiger partial charge in [-0.1, -0.05) is 0 Å². The third-order valence-corrected chi connectivity index (χ3v) is 6.19. The van der Waals surface area contributed by atoms with Gasteiger partial charge in [0, 0.05) is 16.9 Å². The van der Waals surface area contributed by atoms with Crippen LogP contribution in [0.3, 0.4) is 0 Å². The predicted molar refractivity (Wildman–Crippen MR) is 70.8 cm³/mol. The first-order chi connectivity index (χ1) is 8.56. The van der Waals surface area contributed by atoms with Gasteiger partial charge in [0.25, 0.3) is 7.37 Å². The van der Waals surface area contributed by atoms with Crippen LogP contribution in [0.15, 0.2) is 18.2 Å². The Bertz CT molecular complexity index is 537. The fourth-order valence-electron chi connectivity index (χ4n) is 2.46. The number of hydrogen-bond donors (Lipinski definition) is 1. The summed E-state index contributed by atoms with van der Waals surface area (Å²) in [6.45, 7) is 7.50. The molecular formula is C13H18F2NO2P. The zero-order valence-corrected chi connectivity index (χ0v) is 12.4. The van der Waals surface area contributed by atoms with Crippen molar-refractivity contribution in [2.75, 3.05) is 6.61 Å². The van der Waals surface area contributed by atoms with Crippen molar-refractivity contribution in [3.63, 3.8) is 0 Å². The van der Waals surface area contributed by atoms with E-state index in [1.165, 1.54) is 0 Å². The van der Waals surface area contributed by atoms with E-state index in [1.54, 1.807) is 13.8 Å². The fraction of sp³-hybridized carbons (Fsp3) is 0.538. The first-order valence-corrected chi connectivity index (χ1v) is 7.69. The van der Waals surface area contributed by atoms with Crippen LogP contribution in [0.25, 0.3) is 0 Å². The molecule has 0 spiro atoms. The zero-order chi connectivity index (χ0) is 14.5. The molecule has 106 valence electrons. The van der Waals surface area contributed by atoms with Gasteiger partial charge in [0.2, 0.25) is 0 Å². The summed E-state index contributed by atoms with van der Waals surface area (Å²) in [4.78, 5) is 0. The van der Waals surface area contributed by atoms with Gasteiger partial charge in [0.15, 0.2) is 0 Å². The first kappa shape index (κ1) is 14.6. The quantitative estimate of drug-likeness (QED) is 0.808. The summed E-state index contributed by atoms with van der Waals surface area (Å²) in [5, 5.41) is 2.40. The van der Waals surface area contributed by atoms with Crippen molar-refractivity contribution in [2.24, 2.45) is 0 Å². The molecule has 0 unspecified atom stereocenters. The lowest BCUT2D eigenvalue weighted by molar-refractivity contribution is 0.147. The van der Waals surface area contributed by atoms with E-state index in [2.05, 4.69) is 5.32 Å². The Labute approximate surface area is 111 Å². The number of benzene rings is 1. The SMILES string of the molecule is CC1(C)CO[P@](=O)(c2cc(F)cc(F)c2)C(C)(C)N1. The van der Waals surface area contributed by atoms with Crippen molar-refractivity contribution in [1.82, 2.24) is 5.32 Å². The molecule has 6 heteroatoms. The van der Waals surface area contributed by atoms with Crippen LogP contribution in [0.1, 0.15) is 27.7 Å². The largest absolute Gasteiger partial charge is 0.322 e. The van der Waals surface area contributed by atoms with Crippen LogP contribution in [-0.2, 0) is 9.09 Å². The normalized spacial score (nSPS) is 29.2. The van der Waals surface area contributed by atoms with Gasteiger partial charge in [0.05, 0.1) is 11.9 Å². The van der Waals surface area contributed by atoms with Gasteiger partial charge in [0.1, 0.15) is 11.6 Å². The molecule has 0 bridgehead atoms. The summed E-state index contributed by atoms with van der Waals surface area (Å²) in [7, 11) is -3.39. The van der Waals surface area contributed by atoms with Crippen molar-refractivity contribution in [2.45, 2.75) is 38.5 Å². The topological polar surface area (TPSA) is 38.3 Å². The Morgan fingerprint density at radius 1 is 1.16 bits per heavy atom. The smallest absolute Gasteiger partial charge is 0.251 e. The minimum absolute atomic E-state index is 0.0676. The molecule has 2 rings (SSSR count). The van der Waals surface area contributed by atoms with E-state index in [-0.39, 0.29) is 17.5 Å². The van der Waals surface area contributed by atoms with E-state index in [0.29, 0.717) is 0 Å². The van der Waals surface area contributed by atoms with Crippen molar-refractivity contribution < 1.29 is 17.9 Å². The molecule has 1 heterocycles. The van der Waals surface area contributed by atoms with Crippen LogP contribution in [0.5, 0.6) is 0 Å². The second-order valence-electron chi connectivity index (χ2n) is 6.02. The van der Waals surface area contributed by atoms with Gasteiger partial charge >= 0.3 is 0 Å². The molecule has 1 saturated heterocycles. The van der Waals surface area contributed by atoms with Crippen LogP contribution >= 0.6 is 7.37 Å². The van der Waals surface area contributed by atoms with Crippen LogP contribution < -0.4 is 10.6 Å². The number of halogens is 2. The van der Waals surface area contributed by atoms with E-state index in [4.69, 9.17) is 4.52 Å². The number of hydrogen-bond acceptors (Lipinski definition) is 3. The highest BCUT2D eigenvalue weighted by Crippen LogP contribution is 2.59. The van der Waals surface area contributed by atoms with Gasteiger partial charge in [-0.05, 0) is 39.8 Å². The maximum Gasteiger partial charge on any atom is 0.251 e. The molecule has 1 fully saturated rings. The molecular weight excluding hydrogens is 271 g/mol. The van der Waals surface area contributed by atoms with Crippen LogP contribution in [-0.4, -0.2) is 17.4 Å². The highest BCUT2D eigenvalue weighted by atomic mass is 31.2. The van der Waals surface area contributed by atoms with Crippen LogP contribution in [0, 0.1) is 11.6 Å². The third-order valence-electron chi connectivity index (χ3n) is 3.17. The Morgan fingerprint density at radius 2 is 1.68 bits per heavy atom. The lowest BCUT2D eigenvalue weighted by Crippen LogP contribution is -2.59. The molecule has 0 aromatic heterocycles. The Balaban J connectivity index is 2.50. The van der Waals surface area contributed by atoms with Gasteiger partial charge < -0.3 is 4.52 Å². The molecule has 1 aliphatic heterocycles. The molecule has 1 atom stereocenters. The minimum Gasteiger partial charge on any atom is -0.322 e. The number of rotatable bonds is 1. The minimum atomic E-state index is -3.39. The average molecular weight is 289 g/mol. The molecule has 19 heavy (non-hydrogen) atoms. The Kier molecular flexibility index (Phi) is 3.37. The summed E-state index contributed by atoms with van der Waals surface area (Å²) in [5.41, 5.74) is -0.344. The third kappa shape index (κ3) is 2.60. The second-order valence-corrected chi connectivity index (χ2v) is 9.02.